The van der Waals surface area contributed by atoms with E-state index in [1.807, 2.05) is 25.1 Å². The van der Waals surface area contributed by atoms with Crippen LogP contribution in [0, 0.1) is 0 Å². The highest BCUT2D eigenvalue weighted by Crippen LogP contribution is 2.38. The van der Waals surface area contributed by atoms with Crippen LogP contribution in [0.2, 0.25) is 0 Å². The maximum absolute atomic E-state index is 10.6. The predicted molar refractivity (Wildman–Crippen MR) is 74.5 cm³/mol. The van der Waals surface area contributed by atoms with Crippen molar-refractivity contribution in [1.82, 2.24) is 4.90 Å². The second kappa shape index (κ2) is 5.20. The number of rotatable bonds is 5. The van der Waals surface area contributed by atoms with Gasteiger partial charge < -0.3 is 19.3 Å². The van der Waals surface area contributed by atoms with Crippen LogP contribution in [0.5, 0.6) is 11.5 Å². The summed E-state index contributed by atoms with van der Waals surface area (Å²) in [6.07, 6.45) is 0. The van der Waals surface area contributed by atoms with Gasteiger partial charge in [-0.05, 0) is 31.5 Å². The molecule has 0 saturated carbocycles. The molecule has 0 amide bonds. The van der Waals surface area contributed by atoms with Gasteiger partial charge in [0, 0.05) is 19.1 Å². The second-order valence-corrected chi connectivity index (χ2v) is 5.83. The SMILES string of the molecule is CC(c1ccc2c(c1)OCO2)N1CC(C)(OCC(=O)O)C1. The smallest absolute Gasteiger partial charge is 0.329 e. The van der Waals surface area contributed by atoms with Gasteiger partial charge in [0.05, 0.1) is 5.60 Å². The summed E-state index contributed by atoms with van der Waals surface area (Å²) in [6, 6.07) is 6.18. The van der Waals surface area contributed by atoms with Gasteiger partial charge in [-0.2, -0.15) is 0 Å². The number of fused-ring (bicyclic) bond motifs is 1. The van der Waals surface area contributed by atoms with Crippen molar-refractivity contribution >= 4 is 5.97 Å². The maximum Gasteiger partial charge on any atom is 0.329 e. The first-order valence-electron chi connectivity index (χ1n) is 6.96. The second-order valence-electron chi connectivity index (χ2n) is 5.83. The molecule has 0 radical (unpaired) electrons. The first kappa shape index (κ1) is 14.2. The van der Waals surface area contributed by atoms with Crippen molar-refractivity contribution in [2.45, 2.75) is 25.5 Å². The van der Waals surface area contributed by atoms with Crippen molar-refractivity contribution in [3.05, 3.63) is 23.8 Å². The molecule has 0 aliphatic carbocycles. The molecule has 1 fully saturated rings. The minimum atomic E-state index is -0.932. The third-order valence-electron chi connectivity index (χ3n) is 4.05. The quantitative estimate of drug-likeness (QED) is 0.890. The molecule has 1 aromatic rings. The Kier molecular flexibility index (Phi) is 3.51. The molecule has 0 aromatic heterocycles. The van der Waals surface area contributed by atoms with Gasteiger partial charge >= 0.3 is 5.97 Å². The number of likely N-dealkylation sites (tertiary alicyclic amines) is 1. The Hall–Kier alpha value is -1.79. The van der Waals surface area contributed by atoms with E-state index in [4.69, 9.17) is 19.3 Å². The Morgan fingerprint density at radius 2 is 2.14 bits per heavy atom. The average Bonchev–Trinajstić information content (AvgIpc) is 2.88. The van der Waals surface area contributed by atoms with Crippen molar-refractivity contribution in [3.63, 3.8) is 0 Å². The van der Waals surface area contributed by atoms with Gasteiger partial charge in [-0.3, -0.25) is 4.90 Å². The molecule has 6 nitrogen and oxygen atoms in total. The van der Waals surface area contributed by atoms with Crippen molar-refractivity contribution < 1.29 is 24.1 Å². The highest BCUT2D eigenvalue weighted by Gasteiger charge is 2.42. The lowest BCUT2D eigenvalue weighted by Gasteiger charge is -2.50. The summed E-state index contributed by atoms with van der Waals surface area (Å²) in [5, 5.41) is 8.67. The molecule has 1 atom stereocenters. The molecule has 0 spiro atoms. The molecule has 1 N–H and O–H groups in total. The van der Waals surface area contributed by atoms with Gasteiger partial charge in [0.2, 0.25) is 6.79 Å². The van der Waals surface area contributed by atoms with Crippen LogP contribution in [0.1, 0.15) is 25.5 Å². The van der Waals surface area contributed by atoms with Gasteiger partial charge in [-0.1, -0.05) is 6.07 Å². The van der Waals surface area contributed by atoms with Crippen LogP contribution in [-0.2, 0) is 9.53 Å². The number of carbonyl (C=O) groups is 1. The van der Waals surface area contributed by atoms with E-state index >= 15 is 0 Å². The van der Waals surface area contributed by atoms with E-state index in [1.165, 1.54) is 0 Å². The lowest BCUT2D eigenvalue weighted by Crippen LogP contribution is -2.62. The Labute approximate surface area is 123 Å². The molecule has 1 aromatic carbocycles. The molecule has 1 saturated heterocycles. The number of nitrogens with zero attached hydrogens (tertiary/aromatic N) is 1. The molecule has 2 aliphatic rings. The standard InChI is InChI=1S/C15H19NO5/c1-10(11-3-4-12-13(5-11)20-9-19-12)16-7-15(2,8-16)21-6-14(17)18/h3-5,10H,6-9H2,1-2H3,(H,17,18). The van der Waals surface area contributed by atoms with Gasteiger partial charge in [0.15, 0.2) is 11.5 Å². The van der Waals surface area contributed by atoms with E-state index in [1.54, 1.807) is 0 Å². The van der Waals surface area contributed by atoms with Crippen LogP contribution < -0.4 is 9.47 Å². The maximum atomic E-state index is 10.6. The first-order chi connectivity index (χ1) is 9.97. The van der Waals surface area contributed by atoms with Crippen molar-refractivity contribution in [2.75, 3.05) is 26.5 Å². The molecule has 2 heterocycles. The molecular formula is C15H19NO5. The topological polar surface area (TPSA) is 68.2 Å². The lowest BCUT2D eigenvalue weighted by molar-refractivity contribution is -0.169. The van der Waals surface area contributed by atoms with Gasteiger partial charge in [0.1, 0.15) is 6.61 Å². The molecule has 1 unspecified atom stereocenters. The normalized spacial score (nSPS) is 20.9. The van der Waals surface area contributed by atoms with Crippen molar-refractivity contribution in [3.8, 4) is 11.5 Å². The van der Waals surface area contributed by atoms with Crippen LogP contribution in [0.3, 0.4) is 0 Å². The third-order valence-corrected chi connectivity index (χ3v) is 4.05. The predicted octanol–water partition coefficient (Wildman–Crippen LogP) is 1.65. The Morgan fingerprint density at radius 1 is 1.43 bits per heavy atom. The van der Waals surface area contributed by atoms with Crippen LogP contribution in [0.15, 0.2) is 18.2 Å². The highest BCUT2D eigenvalue weighted by atomic mass is 16.7. The monoisotopic (exact) mass is 293 g/mol. The summed E-state index contributed by atoms with van der Waals surface area (Å²) in [5.74, 6) is 0.632. The zero-order valence-electron chi connectivity index (χ0n) is 12.2. The summed E-state index contributed by atoms with van der Waals surface area (Å²) >= 11 is 0. The lowest BCUT2D eigenvalue weighted by atomic mass is 9.92. The van der Waals surface area contributed by atoms with E-state index in [0.29, 0.717) is 0 Å². The van der Waals surface area contributed by atoms with E-state index in [-0.39, 0.29) is 25.0 Å². The fourth-order valence-electron chi connectivity index (χ4n) is 2.80. The first-order valence-corrected chi connectivity index (χ1v) is 6.96. The van der Waals surface area contributed by atoms with Gasteiger partial charge in [0.25, 0.3) is 0 Å². The van der Waals surface area contributed by atoms with Crippen LogP contribution >= 0.6 is 0 Å². The molecular weight excluding hydrogens is 274 g/mol. The third kappa shape index (κ3) is 2.82. The fourth-order valence-corrected chi connectivity index (χ4v) is 2.80. The highest BCUT2D eigenvalue weighted by molar-refractivity contribution is 5.68. The Balaban J connectivity index is 1.60. The molecule has 114 valence electrons. The summed E-state index contributed by atoms with van der Waals surface area (Å²) in [4.78, 5) is 12.8. The van der Waals surface area contributed by atoms with Crippen LogP contribution in [0.25, 0.3) is 0 Å². The summed E-state index contributed by atoms with van der Waals surface area (Å²) in [7, 11) is 0. The fraction of sp³-hybridized carbons (Fsp3) is 0.533. The minimum Gasteiger partial charge on any atom is -0.480 e. The zero-order chi connectivity index (χ0) is 15.0. The van der Waals surface area contributed by atoms with Crippen molar-refractivity contribution in [1.29, 1.82) is 0 Å². The molecule has 2 aliphatic heterocycles. The summed E-state index contributed by atoms with van der Waals surface area (Å²) < 4.78 is 16.1. The molecule has 21 heavy (non-hydrogen) atoms. The number of hydrogen-bond acceptors (Lipinski definition) is 5. The Morgan fingerprint density at radius 3 is 2.86 bits per heavy atom. The summed E-state index contributed by atoms with van der Waals surface area (Å²) in [6.45, 7) is 5.53. The van der Waals surface area contributed by atoms with E-state index in [2.05, 4.69) is 11.8 Å². The molecule has 3 rings (SSSR count). The van der Waals surface area contributed by atoms with Gasteiger partial charge in [-0.25, -0.2) is 4.79 Å². The van der Waals surface area contributed by atoms with E-state index in [9.17, 15) is 4.79 Å². The van der Waals surface area contributed by atoms with Crippen LogP contribution in [0.4, 0.5) is 0 Å². The van der Waals surface area contributed by atoms with E-state index in [0.717, 1.165) is 30.2 Å². The number of carboxylic acid groups (broad SMARTS) is 1. The number of hydrogen-bond donors (Lipinski definition) is 1. The molecule has 6 heteroatoms. The number of ether oxygens (including phenoxy) is 3. The number of benzene rings is 1. The van der Waals surface area contributed by atoms with E-state index < -0.39 is 5.97 Å². The molecule has 0 bridgehead atoms. The zero-order valence-corrected chi connectivity index (χ0v) is 12.2. The Bertz CT molecular complexity index is 553. The number of aliphatic carboxylic acids is 1. The number of carboxylic acids is 1. The minimum absolute atomic E-state index is 0.223. The largest absolute Gasteiger partial charge is 0.480 e. The van der Waals surface area contributed by atoms with Crippen molar-refractivity contribution in [2.24, 2.45) is 0 Å². The summed E-state index contributed by atoms with van der Waals surface area (Å²) in [5.41, 5.74) is 0.780. The van der Waals surface area contributed by atoms with Gasteiger partial charge in [-0.15, -0.1) is 0 Å². The van der Waals surface area contributed by atoms with Crippen LogP contribution in [-0.4, -0.2) is 48.1 Å². The average molecular weight is 293 g/mol.